The highest BCUT2D eigenvalue weighted by Gasteiger charge is 2.33. The van der Waals surface area contributed by atoms with Crippen molar-refractivity contribution in [3.8, 4) is 0 Å². The average molecular weight is 428 g/mol. The lowest BCUT2D eigenvalue weighted by Gasteiger charge is -2.09. The molecule has 0 heterocycles. The number of aliphatic hydroxyl groups excluding tert-OH is 1. The van der Waals surface area contributed by atoms with Crippen LogP contribution in [0.4, 0.5) is 27.6 Å². The van der Waals surface area contributed by atoms with Gasteiger partial charge < -0.3 is 9.84 Å². The van der Waals surface area contributed by atoms with Crippen LogP contribution in [-0.2, 0) is 14.3 Å². The van der Waals surface area contributed by atoms with Crippen molar-refractivity contribution in [3.05, 3.63) is 70.2 Å². The summed E-state index contributed by atoms with van der Waals surface area (Å²) in [7, 11) is 0. The minimum atomic E-state index is -2.47. The van der Waals surface area contributed by atoms with E-state index in [2.05, 4.69) is 15.0 Å². The summed E-state index contributed by atoms with van der Waals surface area (Å²) in [5, 5.41) is 17.0. The summed E-state index contributed by atoms with van der Waals surface area (Å²) >= 11 is 0. The Balaban J connectivity index is 2.72. The van der Waals surface area contributed by atoms with Crippen LogP contribution < -0.4 is 0 Å². The maximum atomic E-state index is 14.0. The molecule has 0 fully saturated rings. The van der Waals surface area contributed by atoms with Gasteiger partial charge in [-0.15, -0.1) is 5.11 Å². The topological polar surface area (TPSA) is 88.3 Å². The summed E-state index contributed by atoms with van der Waals surface area (Å²) < 4.78 is 72.7. The lowest BCUT2D eigenvalue weighted by atomic mass is 10.1. The Kier molecular flexibility index (Phi) is 6.98. The number of nitrogens with zero attached hydrogens (tertiary/aromatic N) is 2. The van der Waals surface area contributed by atoms with E-state index in [1.807, 2.05) is 0 Å². The second-order valence-corrected chi connectivity index (χ2v) is 5.73. The van der Waals surface area contributed by atoms with Crippen molar-refractivity contribution in [2.75, 3.05) is 6.61 Å². The summed E-state index contributed by atoms with van der Waals surface area (Å²) in [5.41, 5.74) is -2.30. The van der Waals surface area contributed by atoms with Crippen molar-refractivity contribution in [2.45, 2.75) is 13.8 Å². The molecule has 0 saturated carbocycles. The van der Waals surface area contributed by atoms with Gasteiger partial charge in [-0.2, -0.15) is 5.11 Å². The van der Waals surface area contributed by atoms with Crippen LogP contribution in [-0.4, -0.2) is 23.5 Å². The highest BCUT2D eigenvalue weighted by atomic mass is 19.2. The molecule has 0 aromatic heterocycles. The van der Waals surface area contributed by atoms with Crippen molar-refractivity contribution in [1.29, 1.82) is 0 Å². The zero-order chi connectivity index (χ0) is 22.6. The number of hydrogen-bond donors (Lipinski definition) is 1. The molecule has 0 aliphatic carbocycles. The zero-order valence-corrected chi connectivity index (χ0v) is 15.5. The molecule has 0 unspecified atom stereocenters. The Morgan fingerprint density at radius 1 is 0.933 bits per heavy atom. The molecule has 0 saturated heterocycles. The standard InChI is InChI=1S/C19H13F5N2O4/c1-3-30-19(29)18(28)16(26-25-9-6-4-8(2)5-7-9)17(27)10-11(20)13(22)15(24)14(23)12(10)21/h4-7,27H,3H2,1-2H3/b17-16+,26-25?. The number of aryl methyl sites for hydroxylation is 1. The predicted molar refractivity (Wildman–Crippen MR) is 93.1 cm³/mol. The highest BCUT2D eigenvalue weighted by molar-refractivity contribution is 6.41. The fourth-order valence-corrected chi connectivity index (χ4v) is 2.14. The Hall–Kier alpha value is -3.63. The van der Waals surface area contributed by atoms with Gasteiger partial charge in [0.1, 0.15) is 0 Å². The molecule has 6 nitrogen and oxygen atoms in total. The van der Waals surface area contributed by atoms with Crippen molar-refractivity contribution in [1.82, 2.24) is 0 Å². The third kappa shape index (κ3) is 4.50. The van der Waals surface area contributed by atoms with E-state index in [9.17, 15) is 36.6 Å². The van der Waals surface area contributed by atoms with Crippen LogP contribution in [0.25, 0.3) is 5.76 Å². The van der Waals surface area contributed by atoms with E-state index < -0.39 is 57.9 Å². The predicted octanol–water partition coefficient (Wildman–Crippen LogP) is 4.83. The fourth-order valence-electron chi connectivity index (χ4n) is 2.14. The monoisotopic (exact) mass is 428 g/mol. The number of ketones is 1. The fraction of sp³-hybridized carbons (Fsp3) is 0.158. The van der Waals surface area contributed by atoms with Gasteiger partial charge in [0.15, 0.2) is 34.7 Å². The van der Waals surface area contributed by atoms with E-state index in [1.165, 1.54) is 19.1 Å². The van der Waals surface area contributed by atoms with Crippen molar-refractivity contribution < 1.29 is 41.4 Å². The first kappa shape index (κ1) is 22.7. The second-order valence-electron chi connectivity index (χ2n) is 5.73. The van der Waals surface area contributed by atoms with Gasteiger partial charge in [-0.25, -0.2) is 26.7 Å². The summed E-state index contributed by atoms with van der Waals surface area (Å²) in [6.07, 6.45) is 0. The lowest BCUT2D eigenvalue weighted by molar-refractivity contribution is -0.151. The molecule has 11 heteroatoms. The highest BCUT2D eigenvalue weighted by Crippen LogP contribution is 2.30. The van der Waals surface area contributed by atoms with Crippen LogP contribution >= 0.6 is 0 Å². The number of benzene rings is 2. The van der Waals surface area contributed by atoms with Gasteiger partial charge in [0.2, 0.25) is 5.82 Å². The first-order chi connectivity index (χ1) is 14.1. The van der Waals surface area contributed by atoms with E-state index in [4.69, 9.17) is 0 Å². The van der Waals surface area contributed by atoms with Crippen molar-refractivity contribution in [2.24, 2.45) is 10.2 Å². The number of aliphatic hydroxyl groups is 1. The molecule has 158 valence electrons. The quantitative estimate of drug-likeness (QED) is 0.104. The molecule has 2 aromatic carbocycles. The maximum Gasteiger partial charge on any atom is 0.381 e. The molecule has 0 radical (unpaired) electrons. The number of rotatable bonds is 6. The number of hydrogen-bond acceptors (Lipinski definition) is 6. The molecule has 2 aromatic rings. The minimum absolute atomic E-state index is 0.0972. The molecular formula is C19H13F5N2O4. The Morgan fingerprint density at radius 2 is 1.43 bits per heavy atom. The van der Waals surface area contributed by atoms with Crippen LogP contribution in [0.2, 0.25) is 0 Å². The van der Waals surface area contributed by atoms with Crippen molar-refractivity contribution >= 4 is 23.2 Å². The Morgan fingerprint density at radius 3 is 1.93 bits per heavy atom. The van der Waals surface area contributed by atoms with E-state index in [1.54, 1.807) is 19.1 Å². The number of Topliss-reactive ketones (excluding diaryl/α,β-unsaturated/α-hetero) is 1. The number of azo groups is 1. The second kappa shape index (κ2) is 9.25. The smallest absolute Gasteiger partial charge is 0.381 e. The first-order valence-corrected chi connectivity index (χ1v) is 8.25. The summed E-state index contributed by atoms with van der Waals surface area (Å²) in [5.74, 6) is -17.1. The van der Waals surface area contributed by atoms with Gasteiger partial charge in [-0.3, -0.25) is 4.79 Å². The normalized spacial score (nSPS) is 12.1. The SMILES string of the molecule is CCOC(=O)C(=O)/C(N=Nc1ccc(C)cc1)=C(\O)c1c(F)c(F)c(F)c(F)c1F. The van der Waals surface area contributed by atoms with Gasteiger partial charge in [-0.05, 0) is 26.0 Å². The van der Waals surface area contributed by atoms with Crippen LogP contribution in [0.1, 0.15) is 18.1 Å². The third-order valence-corrected chi connectivity index (χ3v) is 3.65. The van der Waals surface area contributed by atoms with Crippen molar-refractivity contribution in [3.63, 3.8) is 0 Å². The average Bonchev–Trinajstić information content (AvgIpc) is 2.72. The number of halogens is 5. The van der Waals surface area contributed by atoms with E-state index in [0.29, 0.717) is 0 Å². The molecule has 0 bridgehead atoms. The van der Waals surface area contributed by atoms with E-state index in [-0.39, 0.29) is 12.3 Å². The number of carbonyl (C=O) groups excluding carboxylic acids is 2. The molecule has 0 aliphatic rings. The van der Waals surface area contributed by atoms with Crippen LogP contribution in [0.3, 0.4) is 0 Å². The van der Waals surface area contributed by atoms with Gasteiger partial charge in [-0.1, -0.05) is 17.7 Å². The molecule has 0 spiro atoms. The third-order valence-electron chi connectivity index (χ3n) is 3.65. The molecular weight excluding hydrogens is 415 g/mol. The maximum absolute atomic E-state index is 14.0. The minimum Gasteiger partial charge on any atom is -0.505 e. The summed E-state index contributed by atoms with van der Waals surface area (Å²) in [6.45, 7) is 2.81. The van der Waals surface area contributed by atoms with Crippen LogP contribution in [0.15, 0.2) is 40.2 Å². The van der Waals surface area contributed by atoms with Gasteiger partial charge in [0.25, 0.3) is 5.78 Å². The molecule has 2 rings (SSSR count). The molecule has 1 N–H and O–H groups in total. The Labute approximate surface area is 166 Å². The molecule has 30 heavy (non-hydrogen) atoms. The number of ether oxygens (including phenoxy) is 1. The summed E-state index contributed by atoms with van der Waals surface area (Å²) in [6, 6.07) is 6.02. The molecule has 0 amide bonds. The van der Waals surface area contributed by atoms with E-state index in [0.717, 1.165) is 5.56 Å². The largest absolute Gasteiger partial charge is 0.505 e. The van der Waals surface area contributed by atoms with Crippen LogP contribution in [0.5, 0.6) is 0 Å². The van der Waals surface area contributed by atoms with Gasteiger partial charge in [0, 0.05) is 0 Å². The molecule has 0 atom stereocenters. The number of carbonyl (C=O) groups is 2. The van der Waals surface area contributed by atoms with Gasteiger partial charge in [0.05, 0.1) is 17.9 Å². The Bertz CT molecular complexity index is 1040. The summed E-state index contributed by atoms with van der Waals surface area (Å²) in [4.78, 5) is 23.9. The molecule has 0 aliphatic heterocycles. The number of esters is 1. The zero-order valence-electron chi connectivity index (χ0n) is 15.5. The van der Waals surface area contributed by atoms with Crippen LogP contribution in [0, 0.1) is 36.0 Å². The first-order valence-electron chi connectivity index (χ1n) is 8.25. The van der Waals surface area contributed by atoms with Gasteiger partial charge >= 0.3 is 5.97 Å². The van der Waals surface area contributed by atoms with E-state index >= 15 is 0 Å². The lowest BCUT2D eigenvalue weighted by Crippen LogP contribution is -2.20.